The molecular formula is C15H15NO6. The van der Waals surface area contributed by atoms with Gasteiger partial charge in [-0.05, 0) is 18.6 Å². The third kappa shape index (κ3) is 2.69. The molecule has 0 aromatic heterocycles. The second-order valence-electron chi connectivity index (χ2n) is 4.68. The molecule has 0 fully saturated rings. The van der Waals surface area contributed by atoms with E-state index in [1.165, 1.54) is 19.2 Å². The van der Waals surface area contributed by atoms with Gasteiger partial charge in [0.05, 0.1) is 25.3 Å². The van der Waals surface area contributed by atoms with Gasteiger partial charge in [-0.1, -0.05) is 12.1 Å². The van der Waals surface area contributed by atoms with Gasteiger partial charge >= 0.3 is 11.9 Å². The van der Waals surface area contributed by atoms with Gasteiger partial charge in [0.1, 0.15) is 6.04 Å². The van der Waals surface area contributed by atoms with Crippen LogP contribution in [-0.2, 0) is 19.1 Å². The van der Waals surface area contributed by atoms with Crippen molar-refractivity contribution in [3.05, 3.63) is 35.4 Å². The summed E-state index contributed by atoms with van der Waals surface area (Å²) in [5.74, 6) is -2.43. The number of benzene rings is 1. The van der Waals surface area contributed by atoms with Crippen molar-refractivity contribution < 1.29 is 28.7 Å². The normalized spacial score (nSPS) is 14.5. The van der Waals surface area contributed by atoms with Gasteiger partial charge in [0.25, 0.3) is 11.8 Å². The molecule has 1 aliphatic heterocycles. The summed E-state index contributed by atoms with van der Waals surface area (Å²) in [5, 5.41) is 0. The molecule has 0 saturated heterocycles. The van der Waals surface area contributed by atoms with Crippen molar-refractivity contribution in [1.82, 2.24) is 4.90 Å². The fraction of sp³-hybridized carbons (Fsp3) is 0.333. The van der Waals surface area contributed by atoms with Crippen molar-refractivity contribution >= 4 is 23.8 Å². The number of nitrogens with zero attached hydrogens (tertiary/aromatic N) is 1. The molecule has 0 radical (unpaired) electrons. The van der Waals surface area contributed by atoms with E-state index in [0.29, 0.717) is 0 Å². The molecule has 22 heavy (non-hydrogen) atoms. The van der Waals surface area contributed by atoms with Crippen molar-refractivity contribution in [1.29, 1.82) is 0 Å². The fourth-order valence-electron chi connectivity index (χ4n) is 2.34. The van der Waals surface area contributed by atoms with E-state index in [4.69, 9.17) is 0 Å². The summed E-state index contributed by atoms with van der Waals surface area (Å²) in [6.07, 6.45) is -0.158. The Morgan fingerprint density at radius 2 is 1.59 bits per heavy atom. The number of methoxy groups -OCH3 is 2. The zero-order valence-corrected chi connectivity index (χ0v) is 12.2. The van der Waals surface area contributed by atoms with Crippen LogP contribution in [0.3, 0.4) is 0 Å². The predicted octanol–water partition coefficient (Wildman–Crippen LogP) is 0.777. The van der Waals surface area contributed by atoms with Gasteiger partial charge in [-0.25, -0.2) is 4.79 Å². The molecule has 0 saturated carbocycles. The number of carbonyl (C=O) groups excluding carboxylic acids is 4. The lowest BCUT2D eigenvalue weighted by Crippen LogP contribution is -2.45. The van der Waals surface area contributed by atoms with Gasteiger partial charge in [-0.3, -0.25) is 19.3 Å². The molecular weight excluding hydrogens is 290 g/mol. The maximum Gasteiger partial charge on any atom is 0.329 e. The highest BCUT2D eigenvalue weighted by Gasteiger charge is 2.43. The van der Waals surface area contributed by atoms with Crippen LogP contribution < -0.4 is 0 Å². The van der Waals surface area contributed by atoms with E-state index in [9.17, 15) is 19.2 Å². The Labute approximate surface area is 126 Å². The molecule has 7 nitrogen and oxygen atoms in total. The lowest BCUT2D eigenvalue weighted by Gasteiger charge is -2.23. The topological polar surface area (TPSA) is 90.0 Å². The van der Waals surface area contributed by atoms with Crippen molar-refractivity contribution in [3.63, 3.8) is 0 Å². The maximum atomic E-state index is 12.4. The number of hydrogen-bond donors (Lipinski definition) is 0. The molecule has 0 spiro atoms. The number of rotatable bonds is 5. The van der Waals surface area contributed by atoms with Crippen LogP contribution in [0.2, 0.25) is 0 Å². The number of amides is 2. The summed E-state index contributed by atoms with van der Waals surface area (Å²) >= 11 is 0. The van der Waals surface area contributed by atoms with E-state index in [-0.39, 0.29) is 24.0 Å². The average Bonchev–Trinajstić information content (AvgIpc) is 2.79. The van der Waals surface area contributed by atoms with Crippen LogP contribution in [0.1, 0.15) is 33.6 Å². The minimum atomic E-state index is -1.16. The van der Waals surface area contributed by atoms with Crippen molar-refractivity contribution in [3.8, 4) is 0 Å². The highest BCUT2D eigenvalue weighted by molar-refractivity contribution is 6.22. The number of esters is 2. The quantitative estimate of drug-likeness (QED) is 0.590. The zero-order chi connectivity index (χ0) is 16.3. The molecule has 0 aliphatic carbocycles. The first-order valence-corrected chi connectivity index (χ1v) is 6.62. The van der Waals surface area contributed by atoms with E-state index in [1.54, 1.807) is 12.1 Å². The van der Waals surface area contributed by atoms with Crippen molar-refractivity contribution in [2.45, 2.75) is 18.9 Å². The molecule has 1 aromatic rings. The van der Waals surface area contributed by atoms with E-state index >= 15 is 0 Å². The van der Waals surface area contributed by atoms with Crippen molar-refractivity contribution in [2.24, 2.45) is 0 Å². The van der Waals surface area contributed by atoms with Gasteiger partial charge in [0, 0.05) is 6.42 Å². The summed E-state index contributed by atoms with van der Waals surface area (Å²) in [5.41, 5.74) is 0.471. The molecule has 0 N–H and O–H groups in total. The Balaban J connectivity index is 2.29. The van der Waals surface area contributed by atoms with Crippen LogP contribution in [-0.4, -0.2) is 48.9 Å². The van der Waals surface area contributed by atoms with E-state index in [1.807, 2.05) is 0 Å². The predicted molar refractivity (Wildman–Crippen MR) is 74.0 cm³/mol. The second kappa shape index (κ2) is 6.38. The van der Waals surface area contributed by atoms with Gasteiger partial charge in [0.15, 0.2) is 0 Å². The molecule has 0 bridgehead atoms. The number of hydrogen-bond acceptors (Lipinski definition) is 6. The highest BCUT2D eigenvalue weighted by Crippen LogP contribution is 2.26. The first-order chi connectivity index (χ1) is 10.5. The van der Waals surface area contributed by atoms with Gasteiger partial charge in [0.2, 0.25) is 0 Å². The smallest absolute Gasteiger partial charge is 0.329 e. The number of imide groups is 1. The molecule has 7 heteroatoms. The second-order valence-corrected chi connectivity index (χ2v) is 4.68. The van der Waals surface area contributed by atoms with Gasteiger partial charge in [-0.2, -0.15) is 0 Å². The monoisotopic (exact) mass is 305 g/mol. The Morgan fingerprint density at radius 3 is 2.05 bits per heavy atom. The molecule has 116 valence electrons. The van der Waals surface area contributed by atoms with Crippen LogP contribution in [0.5, 0.6) is 0 Å². The van der Waals surface area contributed by atoms with Crippen LogP contribution >= 0.6 is 0 Å². The molecule has 2 rings (SSSR count). The lowest BCUT2D eigenvalue weighted by molar-refractivity contribution is -0.146. The third-order valence-electron chi connectivity index (χ3n) is 3.46. The molecule has 1 heterocycles. The number of fused-ring (bicyclic) bond motifs is 1. The van der Waals surface area contributed by atoms with Crippen LogP contribution in [0, 0.1) is 0 Å². The van der Waals surface area contributed by atoms with Crippen LogP contribution in [0.4, 0.5) is 0 Å². The van der Waals surface area contributed by atoms with Gasteiger partial charge in [-0.15, -0.1) is 0 Å². The molecule has 1 atom stereocenters. The van der Waals surface area contributed by atoms with Crippen LogP contribution in [0.15, 0.2) is 24.3 Å². The van der Waals surface area contributed by atoms with Crippen LogP contribution in [0.25, 0.3) is 0 Å². The Hall–Kier alpha value is -2.70. The SMILES string of the molecule is COC(=O)CC[C@H](C(=O)OC)N1C(=O)c2ccccc2C1=O. The average molecular weight is 305 g/mol. The Morgan fingerprint density at radius 1 is 1.05 bits per heavy atom. The highest BCUT2D eigenvalue weighted by atomic mass is 16.5. The first-order valence-electron chi connectivity index (χ1n) is 6.62. The molecule has 0 unspecified atom stereocenters. The molecule has 1 aliphatic rings. The zero-order valence-electron chi connectivity index (χ0n) is 12.2. The number of carbonyl (C=O) groups is 4. The molecule has 2 amide bonds. The Bertz CT molecular complexity index is 604. The van der Waals surface area contributed by atoms with E-state index in [0.717, 1.165) is 12.0 Å². The standard InChI is InChI=1S/C15H15NO6/c1-21-12(17)8-7-11(15(20)22-2)16-13(18)9-5-3-4-6-10(9)14(16)19/h3-6,11H,7-8H2,1-2H3/t11-/m1/s1. The maximum absolute atomic E-state index is 12.4. The minimum absolute atomic E-state index is 0.0508. The largest absolute Gasteiger partial charge is 0.469 e. The summed E-state index contributed by atoms with van der Waals surface area (Å²) in [6.45, 7) is 0. The van der Waals surface area contributed by atoms with Gasteiger partial charge < -0.3 is 9.47 Å². The molecule has 1 aromatic carbocycles. The summed E-state index contributed by atoms with van der Waals surface area (Å²) in [6, 6.07) is 5.15. The fourth-order valence-corrected chi connectivity index (χ4v) is 2.34. The third-order valence-corrected chi connectivity index (χ3v) is 3.46. The number of ether oxygens (including phenoxy) is 2. The lowest BCUT2D eigenvalue weighted by atomic mass is 10.1. The van der Waals surface area contributed by atoms with E-state index < -0.39 is 29.8 Å². The summed E-state index contributed by atoms with van der Waals surface area (Å²) in [7, 11) is 2.38. The first kappa shape index (κ1) is 15.7. The Kier molecular flexibility index (Phi) is 4.55. The van der Waals surface area contributed by atoms with Crippen molar-refractivity contribution in [2.75, 3.05) is 14.2 Å². The summed E-state index contributed by atoms with van der Waals surface area (Å²) in [4.78, 5) is 48.8. The van der Waals surface area contributed by atoms with E-state index in [2.05, 4.69) is 9.47 Å². The summed E-state index contributed by atoms with van der Waals surface area (Å²) < 4.78 is 9.16. The minimum Gasteiger partial charge on any atom is -0.469 e.